The summed E-state index contributed by atoms with van der Waals surface area (Å²) in [6.45, 7) is 6.89. The van der Waals surface area contributed by atoms with Crippen LogP contribution in [-0.2, 0) is 0 Å². The van der Waals surface area contributed by atoms with Crippen molar-refractivity contribution in [3.8, 4) is 0 Å². The molecule has 0 N–H and O–H groups in total. The predicted molar refractivity (Wildman–Crippen MR) is 143 cm³/mol. The Hall–Kier alpha value is -2.21. The summed E-state index contributed by atoms with van der Waals surface area (Å²) in [7, 11) is 0. The number of hydrogen-bond acceptors (Lipinski definition) is 0. The van der Waals surface area contributed by atoms with Crippen LogP contribution in [0, 0.1) is 0 Å². The molecule has 4 aromatic carbocycles. The maximum atomic E-state index is 4.60. The zero-order valence-corrected chi connectivity index (χ0v) is 20.9. The summed E-state index contributed by atoms with van der Waals surface area (Å²) in [5, 5.41) is 1.04. The van der Waals surface area contributed by atoms with Gasteiger partial charge in [0.25, 0.3) is 0 Å². The number of hydrogen-bond donors (Lipinski definition) is 0. The molecule has 1 unspecified atom stereocenters. The topological polar surface area (TPSA) is 0 Å². The molecule has 0 saturated heterocycles. The van der Waals surface area contributed by atoms with Gasteiger partial charge in [-0.15, -0.1) is 0 Å². The summed E-state index contributed by atoms with van der Waals surface area (Å²) in [6, 6.07) is 42.4. The van der Waals surface area contributed by atoms with E-state index in [2.05, 4.69) is 152 Å². The summed E-state index contributed by atoms with van der Waals surface area (Å²) in [5.41, 5.74) is 2.99. The second-order valence-corrected chi connectivity index (χ2v) is 17.5. The fraction of sp³-hybridized carbons (Fsp3) is 0.172. The van der Waals surface area contributed by atoms with Crippen LogP contribution in [0.25, 0.3) is 0 Å². The van der Waals surface area contributed by atoms with Gasteiger partial charge in [0.05, 0.1) is 0 Å². The van der Waals surface area contributed by atoms with Gasteiger partial charge in [-0.2, -0.15) is 0 Å². The molecule has 0 aliphatic carbocycles. The van der Waals surface area contributed by atoms with Crippen molar-refractivity contribution in [1.29, 1.82) is 0 Å². The zero-order valence-electron chi connectivity index (χ0n) is 18.4. The van der Waals surface area contributed by atoms with E-state index in [4.69, 9.17) is 0 Å². The third-order valence-corrected chi connectivity index (χ3v) is 17.8. The first kappa shape index (κ1) is 22.0. The van der Waals surface area contributed by atoms with Crippen LogP contribution in [0.15, 0.2) is 115 Å². The number of rotatable bonds is 6. The Labute approximate surface area is 195 Å². The normalized spacial score (nSPS) is 14.0. The van der Waals surface area contributed by atoms with Crippen molar-refractivity contribution in [2.24, 2.45) is 0 Å². The molecular weight excluding hydrogens is 459 g/mol. The van der Waals surface area contributed by atoms with E-state index in [0.717, 1.165) is 0 Å². The molecule has 1 atom stereocenters. The molecule has 0 heterocycles. The van der Waals surface area contributed by atoms with Crippen LogP contribution in [0.1, 0.15) is 43.5 Å². The van der Waals surface area contributed by atoms with Gasteiger partial charge in [0.2, 0.25) is 0 Å². The summed E-state index contributed by atoms with van der Waals surface area (Å²) in [6.07, 6.45) is 0. The van der Waals surface area contributed by atoms with Crippen LogP contribution < -0.4 is 15.9 Å². The van der Waals surface area contributed by atoms with Crippen LogP contribution in [0.2, 0.25) is 0 Å². The average Bonchev–Trinajstić information content (AvgIpc) is 2.85. The van der Waals surface area contributed by atoms with Gasteiger partial charge < -0.3 is 0 Å². The standard InChI is InChI=1S/C29H30BrP/c1-23(2)25-19-21-26(22-20-25)24(3)31(30,27-13-7-4-8-14-27,28-15-9-5-10-16-28)29-17-11-6-12-18-29/h4-24H,1-3H3. The third kappa shape index (κ3) is 3.59. The minimum atomic E-state index is -3.02. The Bertz CT molecular complexity index is 1020. The van der Waals surface area contributed by atoms with E-state index >= 15 is 0 Å². The van der Waals surface area contributed by atoms with Crippen molar-refractivity contribution in [3.05, 3.63) is 126 Å². The first-order valence-corrected chi connectivity index (χ1v) is 15.3. The summed E-state index contributed by atoms with van der Waals surface area (Å²) < 4.78 is 0. The molecule has 2 heteroatoms. The molecule has 4 rings (SSSR count). The third-order valence-electron chi connectivity index (χ3n) is 6.60. The van der Waals surface area contributed by atoms with E-state index in [1.807, 2.05) is 0 Å². The second-order valence-electron chi connectivity index (χ2n) is 8.58. The zero-order chi connectivity index (χ0) is 21.9. The van der Waals surface area contributed by atoms with Crippen molar-refractivity contribution >= 4 is 36.7 Å². The summed E-state index contributed by atoms with van der Waals surface area (Å²) in [5.74, 6) is 0.529. The number of halogens is 1. The summed E-state index contributed by atoms with van der Waals surface area (Å²) >= 11 is 4.60. The molecule has 0 aliphatic heterocycles. The van der Waals surface area contributed by atoms with Crippen LogP contribution in [-0.4, -0.2) is 0 Å². The van der Waals surface area contributed by atoms with Crippen LogP contribution in [0.5, 0.6) is 0 Å². The summed E-state index contributed by atoms with van der Waals surface area (Å²) in [4.78, 5) is 0. The Morgan fingerprint density at radius 3 is 1.13 bits per heavy atom. The van der Waals surface area contributed by atoms with Gasteiger partial charge in [0.1, 0.15) is 0 Å². The van der Waals surface area contributed by atoms with E-state index in [0.29, 0.717) is 5.92 Å². The predicted octanol–water partition coefficient (Wildman–Crippen LogP) is 7.71. The number of benzene rings is 4. The molecule has 0 bridgehead atoms. The average molecular weight is 489 g/mol. The second kappa shape index (κ2) is 8.73. The van der Waals surface area contributed by atoms with Gasteiger partial charge in [-0.25, -0.2) is 0 Å². The van der Waals surface area contributed by atoms with Gasteiger partial charge in [0, 0.05) is 0 Å². The molecule has 0 saturated carbocycles. The van der Waals surface area contributed by atoms with Crippen LogP contribution in [0.3, 0.4) is 0 Å². The van der Waals surface area contributed by atoms with Crippen molar-refractivity contribution in [1.82, 2.24) is 0 Å². The van der Waals surface area contributed by atoms with Gasteiger partial charge in [-0.05, 0) is 0 Å². The van der Waals surface area contributed by atoms with Crippen molar-refractivity contribution in [2.45, 2.75) is 32.3 Å². The molecule has 0 aromatic heterocycles. The molecule has 31 heavy (non-hydrogen) atoms. The molecule has 4 aromatic rings. The molecular formula is C29H30BrP. The molecule has 0 fully saturated rings. The molecule has 0 radical (unpaired) electrons. The fourth-order valence-electron chi connectivity index (χ4n) is 4.72. The molecule has 158 valence electrons. The minimum absolute atomic E-state index is 0.249. The van der Waals surface area contributed by atoms with Gasteiger partial charge in [0.15, 0.2) is 0 Å². The van der Waals surface area contributed by atoms with Crippen LogP contribution in [0.4, 0.5) is 0 Å². The van der Waals surface area contributed by atoms with Gasteiger partial charge in [-0.1, -0.05) is 0 Å². The Morgan fingerprint density at radius 1 is 0.484 bits per heavy atom. The molecule has 0 nitrogen and oxygen atoms in total. The van der Waals surface area contributed by atoms with E-state index in [1.54, 1.807) is 0 Å². The Morgan fingerprint density at radius 2 is 0.806 bits per heavy atom. The fourth-order valence-corrected chi connectivity index (χ4v) is 12.8. The van der Waals surface area contributed by atoms with Crippen molar-refractivity contribution in [2.75, 3.05) is 0 Å². The monoisotopic (exact) mass is 488 g/mol. The van der Waals surface area contributed by atoms with E-state index in [1.165, 1.54) is 27.0 Å². The molecule has 0 aliphatic rings. The van der Waals surface area contributed by atoms with E-state index in [-0.39, 0.29) is 5.66 Å². The van der Waals surface area contributed by atoms with Gasteiger partial charge >= 0.3 is 195 Å². The van der Waals surface area contributed by atoms with Crippen molar-refractivity contribution in [3.63, 3.8) is 0 Å². The van der Waals surface area contributed by atoms with E-state index < -0.39 is 5.31 Å². The first-order valence-electron chi connectivity index (χ1n) is 11.0. The van der Waals surface area contributed by atoms with E-state index in [9.17, 15) is 0 Å². The first-order chi connectivity index (χ1) is 15.0. The Kier molecular flexibility index (Phi) is 6.20. The maximum absolute atomic E-state index is 4.60. The SMILES string of the molecule is CC(C)c1ccc(C(C)P(Br)(c2ccccc2)(c2ccccc2)c2ccccc2)cc1. The van der Waals surface area contributed by atoms with Gasteiger partial charge in [-0.3, -0.25) is 0 Å². The quantitative estimate of drug-likeness (QED) is 0.243. The Balaban J connectivity index is 2.08. The van der Waals surface area contributed by atoms with Crippen LogP contribution >= 0.6 is 20.8 Å². The molecule has 0 amide bonds. The van der Waals surface area contributed by atoms with Crippen molar-refractivity contribution < 1.29 is 0 Å². The molecule has 0 spiro atoms.